The lowest BCUT2D eigenvalue weighted by Gasteiger charge is -2.35. The number of hydrogen-bond acceptors (Lipinski definition) is 7. The molecule has 7 nitrogen and oxygen atoms in total. The van der Waals surface area contributed by atoms with E-state index in [9.17, 15) is 4.79 Å². The SMILES string of the molecule is CCOC(=O)c1ccccc1Nc1nncc(N2CCCCC2CC)n1. The van der Waals surface area contributed by atoms with Gasteiger partial charge in [0.25, 0.3) is 0 Å². The van der Waals surface area contributed by atoms with Gasteiger partial charge in [0.15, 0.2) is 5.82 Å². The lowest BCUT2D eigenvalue weighted by molar-refractivity contribution is 0.0527. The Morgan fingerprint density at radius 3 is 2.96 bits per heavy atom. The highest BCUT2D eigenvalue weighted by molar-refractivity contribution is 5.96. The first-order chi connectivity index (χ1) is 12.7. The van der Waals surface area contributed by atoms with Crippen LogP contribution in [0.1, 0.15) is 49.9 Å². The molecule has 0 radical (unpaired) electrons. The molecule has 1 N–H and O–H groups in total. The molecule has 7 heteroatoms. The Labute approximate surface area is 153 Å². The van der Waals surface area contributed by atoms with Gasteiger partial charge in [0.1, 0.15) is 0 Å². The molecule has 2 aromatic rings. The maximum Gasteiger partial charge on any atom is 0.340 e. The second-order valence-electron chi connectivity index (χ2n) is 6.28. The third kappa shape index (κ3) is 4.09. The molecule has 1 aliphatic rings. The number of nitrogens with one attached hydrogen (secondary N) is 1. The summed E-state index contributed by atoms with van der Waals surface area (Å²) in [5, 5.41) is 11.3. The summed E-state index contributed by atoms with van der Waals surface area (Å²) >= 11 is 0. The molecule has 1 saturated heterocycles. The molecule has 1 atom stereocenters. The molecule has 1 unspecified atom stereocenters. The minimum absolute atomic E-state index is 0.327. The minimum atomic E-state index is -0.373. The highest BCUT2D eigenvalue weighted by atomic mass is 16.5. The molecular weight excluding hydrogens is 330 g/mol. The molecule has 2 heterocycles. The van der Waals surface area contributed by atoms with Gasteiger partial charge in [-0.3, -0.25) is 0 Å². The van der Waals surface area contributed by atoms with Gasteiger partial charge in [0.2, 0.25) is 5.95 Å². The first kappa shape index (κ1) is 18.1. The third-order valence-corrected chi connectivity index (χ3v) is 4.61. The van der Waals surface area contributed by atoms with Crippen molar-refractivity contribution >= 4 is 23.4 Å². The van der Waals surface area contributed by atoms with Gasteiger partial charge in [-0.15, -0.1) is 5.10 Å². The van der Waals surface area contributed by atoms with Crippen LogP contribution in [-0.2, 0) is 4.74 Å². The Bertz CT molecular complexity index is 752. The molecule has 0 saturated carbocycles. The number of anilines is 3. The number of ether oxygens (including phenoxy) is 1. The number of carbonyl (C=O) groups is 1. The van der Waals surface area contributed by atoms with Crippen molar-refractivity contribution in [1.82, 2.24) is 15.2 Å². The van der Waals surface area contributed by atoms with Crippen LogP contribution in [-0.4, -0.2) is 40.3 Å². The normalized spacial score (nSPS) is 17.0. The molecule has 1 aromatic heterocycles. The van der Waals surface area contributed by atoms with Crippen LogP contribution in [0.15, 0.2) is 30.5 Å². The number of aromatic nitrogens is 3. The molecular formula is C19H25N5O2. The number of hydrogen-bond donors (Lipinski definition) is 1. The van der Waals surface area contributed by atoms with Crippen molar-refractivity contribution in [3.05, 3.63) is 36.0 Å². The van der Waals surface area contributed by atoms with Gasteiger partial charge in [0.05, 0.1) is 24.1 Å². The minimum Gasteiger partial charge on any atom is -0.462 e. The van der Waals surface area contributed by atoms with E-state index in [2.05, 4.69) is 32.3 Å². The Balaban J connectivity index is 1.82. The number of benzene rings is 1. The van der Waals surface area contributed by atoms with Crippen molar-refractivity contribution in [2.45, 2.75) is 45.6 Å². The first-order valence-electron chi connectivity index (χ1n) is 9.22. The van der Waals surface area contributed by atoms with Crippen LogP contribution >= 0.6 is 0 Å². The van der Waals surface area contributed by atoms with Gasteiger partial charge in [-0.2, -0.15) is 10.1 Å². The summed E-state index contributed by atoms with van der Waals surface area (Å²) in [7, 11) is 0. The van der Waals surface area contributed by atoms with E-state index < -0.39 is 0 Å². The Kier molecular flexibility index (Phi) is 5.99. The molecule has 1 aliphatic heterocycles. The molecule has 3 rings (SSSR count). The van der Waals surface area contributed by atoms with Crippen molar-refractivity contribution in [3.8, 4) is 0 Å². The number of carbonyl (C=O) groups excluding carboxylic acids is 1. The van der Waals surface area contributed by atoms with Crippen LogP contribution in [0.3, 0.4) is 0 Å². The molecule has 0 bridgehead atoms. The average Bonchev–Trinajstić information content (AvgIpc) is 2.69. The van der Waals surface area contributed by atoms with Crippen LogP contribution in [0.5, 0.6) is 0 Å². The van der Waals surface area contributed by atoms with Gasteiger partial charge in [-0.1, -0.05) is 19.1 Å². The third-order valence-electron chi connectivity index (χ3n) is 4.61. The standard InChI is InChI=1S/C19H25N5O2/c1-3-14-9-7-8-12-24(14)17-13-20-23-19(22-17)21-16-11-6-5-10-15(16)18(25)26-4-2/h5-6,10-11,13-14H,3-4,7-9,12H2,1-2H3,(H,21,22,23). The van der Waals surface area contributed by atoms with Crippen LogP contribution in [0.4, 0.5) is 17.5 Å². The highest BCUT2D eigenvalue weighted by Gasteiger charge is 2.23. The number of nitrogens with zero attached hydrogens (tertiary/aromatic N) is 4. The van der Waals surface area contributed by atoms with Crippen molar-refractivity contribution in [2.75, 3.05) is 23.4 Å². The van der Waals surface area contributed by atoms with Gasteiger partial charge < -0.3 is 15.0 Å². The van der Waals surface area contributed by atoms with Crippen LogP contribution < -0.4 is 10.2 Å². The molecule has 138 valence electrons. The zero-order chi connectivity index (χ0) is 18.4. The van der Waals surface area contributed by atoms with Gasteiger partial charge in [0, 0.05) is 12.6 Å². The van der Waals surface area contributed by atoms with E-state index in [0.717, 1.165) is 25.2 Å². The molecule has 26 heavy (non-hydrogen) atoms. The summed E-state index contributed by atoms with van der Waals surface area (Å²) < 4.78 is 5.11. The van der Waals surface area contributed by atoms with Crippen molar-refractivity contribution < 1.29 is 9.53 Å². The fraction of sp³-hybridized carbons (Fsp3) is 0.474. The van der Waals surface area contributed by atoms with Crippen molar-refractivity contribution in [1.29, 1.82) is 0 Å². The number of piperidine rings is 1. The summed E-state index contributed by atoms with van der Waals surface area (Å²) in [6, 6.07) is 7.65. The van der Waals surface area contributed by atoms with E-state index in [1.807, 2.05) is 6.07 Å². The predicted molar refractivity (Wildman–Crippen MR) is 101 cm³/mol. The second kappa shape index (κ2) is 8.60. The highest BCUT2D eigenvalue weighted by Crippen LogP contribution is 2.26. The average molecular weight is 355 g/mol. The number of esters is 1. The fourth-order valence-corrected chi connectivity index (χ4v) is 3.31. The Morgan fingerprint density at radius 1 is 1.31 bits per heavy atom. The summed E-state index contributed by atoms with van der Waals surface area (Å²) in [6.45, 7) is 5.30. The number of para-hydroxylation sites is 1. The monoisotopic (exact) mass is 355 g/mol. The molecule has 1 aromatic carbocycles. The molecule has 0 spiro atoms. The second-order valence-corrected chi connectivity index (χ2v) is 6.28. The number of rotatable bonds is 6. The maximum absolute atomic E-state index is 12.1. The first-order valence-corrected chi connectivity index (χ1v) is 9.22. The van der Waals surface area contributed by atoms with Gasteiger partial charge in [-0.05, 0) is 44.7 Å². The zero-order valence-electron chi connectivity index (χ0n) is 15.3. The quantitative estimate of drug-likeness (QED) is 0.794. The van der Waals surface area contributed by atoms with E-state index in [0.29, 0.717) is 29.8 Å². The van der Waals surface area contributed by atoms with E-state index in [4.69, 9.17) is 4.74 Å². The Hall–Kier alpha value is -2.70. The lowest BCUT2D eigenvalue weighted by Crippen LogP contribution is -2.39. The summed E-state index contributed by atoms with van der Waals surface area (Å²) in [5.74, 6) is 0.823. The van der Waals surface area contributed by atoms with E-state index >= 15 is 0 Å². The van der Waals surface area contributed by atoms with Crippen LogP contribution in [0.25, 0.3) is 0 Å². The van der Waals surface area contributed by atoms with E-state index in [-0.39, 0.29) is 5.97 Å². The summed E-state index contributed by atoms with van der Waals surface area (Å²) in [6.07, 6.45) is 6.38. The van der Waals surface area contributed by atoms with Crippen LogP contribution in [0, 0.1) is 0 Å². The van der Waals surface area contributed by atoms with Crippen LogP contribution in [0.2, 0.25) is 0 Å². The van der Waals surface area contributed by atoms with Gasteiger partial charge >= 0.3 is 5.97 Å². The maximum atomic E-state index is 12.1. The smallest absolute Gasteiger partial charge is 0.340 e. The van der Waals surface area contributed by atoms with Crippen molar-refractivity contribution in [2.24, 2.45) is 0 Å². The molecule has 1 fully saturated rings. The summed E-state index contributed by atoms with van der Waals surface area (Å²) in [5.41, 5.74) is 1.06. The summed E-state index contributed by atoms with van der Waals surface area (Å²) in [4.78, 5) is 19.1. The molecule has 0 amide bonds. The largest absolute Gasteiger partial charge is 0.462 e. The van der Waals surface area contributed by atoms with E-state index in [1.54, 1.807) is 31.3 Å². The Morgan fingerprint density at radius 2 is 2.15 bits per heavy atom. The predicted octanol–water partition coefficient (Wildman–Crippen LogP) is 3.56. The zero-order valence-corrected chi connectivity index (χ0v) is 15.3. The van der Waals surface area contributed by atoms with Gasteiger partial charge in [-0.25, -0.2) is 4.79 Å². The van der Waals surface area contributed by atoms with E-state index in [1.165, 1.54) is 12.8 Å². The lowest BCUT2D eigenvalue weighted by atomic mass is 10.0. The molecule has 0 aliphatic carbocycles. The topological polar surface area (TPSA) is 80.2 Å². The van der Waals surface area contributed by atoms with Crippen molar-refractivity contribution in [3.63, 3.8) is 0 Å². The fourth-order valence-electron chi connectivity index (χ4n) is 3.31.